The highest BCUT2D eigenvalue weighted by atomic mass is 79.9. The Balaban J connectivity index is 2.16. The van der Waals surface area contributed by atoms with Crippen molar-refractivity contribution in [2.24, 2.45) is 0 Å². The average Bonchev–Trinajstić information content (AvgIpc) is 2.48. The van der Waals surface area contributed by atoms with Gasteiger partial charge in [0.25, 0.3) is 0 Å². The molecule has 0 aliphatic heterocycles. The van der Waals surface area contributed by atoms with E-state index in [4.69, 9.17) is 0 Å². The number of halogens is 1. The Kier molecular flexibility index (Phi) is 6.27. The van der Waals surface area contributed by atoms with E-state index in [0.29, 0.717) is 6.04 Å². The molecule has 1 aromatic carbocycles. The summed E-state index contributed by atoms with van der Waals surface area (Å²) in [5.74, 6) is 0.966. The van der Waals surface area contributed by atoms with Gasteiger partial charge in [-0.05, 0) is 59.6 Å². The highest BCUT2D eigenvalue weighted by Crippen LogP contribution is 2.30. The first-order chi connectivity index (χ1) is 10.1. The summed E-state index contributed by atoms with van der Waals surface area (Å²) in [5, 5.41) is 4.64. The van der Waals surface area contributed by atoms with Crippen molar-refractivity contribution in [1.82, 2.24) is 10.3 Å². The number of nitrogens with one attached hydrogen (secondary N) is 1. The second kappa shape index (κ2) is 7.97. The summed E-state index contributed by atoms with van der Waals surface area (Å²) in [6, 6.07) is 11.0. The highest BCUT2D eigenvalue weighted by molar-refractivity contribution is 9.10. The van der Waals surface area contributed by atoms with Gasteiger partial charge in [-0.2, -0.15) is 0 Å². The quantitative estimate of drug-likeness (QED) is 0.737. The van der Waals surface area contributed by atoms with Crippen LogP contribution in [-0.2, 0) is 0 Å². The first-order valence-corrected chi connectivity index (χ1v) is 8.93. The molecule has 1 heterocycles. The molecule has 0 spiro atoms. The predicted octanol–water partition coefficient (Wildman–Crippen LogP) is 4.90. The summed E-state index contributed by atoms with van der Waals surface area (Å²) in [7, 11) is 0. The molecular formula is C17H21BrN2S. The Morgan fingerprint density at radius 2 is 2.10 bits per heavy atom. The molecule has 1 aromatic heterocycles. The first kappa shape index (κ1) is 16.5. The number of benzene rings is 1. The summed E-state index contributed by atoms with van der Waals surface area (Å²) < 4.78 is 1.06. The molecule has 2 nitrogen and oxygen atoms in total. The lowest BCUT2D eigenvalue weighted by Gasteiger charge is -2.20. The van der Waals surface area contributed by atoms with E-state index in [-0.39, 0.29) is 0 Å². The maximum Gasteiger partial charge on any atom is 0.110 e. The van der Waals surface area contributed by atoms with Gasteiger partial charge in [-0.1, -0.05) is 30.7 Å². The Bertz CT molecular complexity index is 601. The first-order valence-electron chi connectivity index (χ1n) is 7.15. The number of rotatable bonds is 6. The molecule has 0 radical (unpaired) electrons. The maximum atomic E-state index is 4.43. The number of thioether (sulfide) groups is 1. The van der Waals surface area contributed by atoms with Crippen molar-refractivity contribution in [3.8, 4) is 0 Å². The zero-order valence-corrected chi connectivity index (χ0v) is 15.1. The molecule has 4 heteroatoms. The van der Waals surface area contributed by atoms with Gasteiger partial charge in [-0.25, -0.2) is 4.98 Å². The molecule has 21 heavy (non-hydrogen) atoms. The maximum absolute atomic E-state index is 4.43. The number of hydrogen-bond acceptors (Lipinski definition) is 3. The van der Waals surface area contributed by atoms with Gasteiger partial charge >= 0.3 is 0 Å². The minimum absolute atomic E-state index is 0.341. The van der Waals surface area contributed by atoms with E-state index in [1.54, 1.807) is 11.8 Å². The van der Waals surface area contributed by atoms with Crippen molar-refractivity contribution < 1.29 is 0 Å². The van der Waals surface area contributed by atoms with Crippen LogP contribution in [0.3, 0.4) is 0 Å². The zero-order valence-electron chi connectivity index (χ0n) is 12.7. The molecule has 112 valence electrons. The summed E-state index contributed by atoms with van der Waals surface area (Å²) in [5.41, 5.74) is 4.03. The number of aryl methyl sites for hydroxylation is 2. The molecule has 0 fully saturated rings. The van der Waals surface area contributed by atoms with Crippen LogP contribution in [0.15, 0.2) is 46.0 Å². The SMILES string of the molecule is CCNC(CSc1ncccc1Br)c1cc(C)ccc1C. The van der Waals surface area contributed by atoms with Crippen molar-refractivity contribution >= 4 is 27.7 Å². The molecule has 2 rings (SSSR count). The monoisotopic (exact) mass is 364 g/mol. The lowest BCUT2D eigenvalue weighted by molar-refractivity contribution is 0.602. The van der Waals surface area contributed by atoms with Gasteiger partial charge in [0.05, 0.1) is 0 Å². The van der Waals surface area contributed by atoms with E-state index in [1.165, 1.54) is 16.7 Å². The molecule has 0 bridgehead atoms. The van der Waals surface area contributed by atoms with Gasteiger partial charge in [0, 0.05) is 22.5 Å². The normalized spacial score (nSPS) is 12.4. The van der Waals surface area contributed by atoms with E-state index < -0.39 is 0 Å². The molecule has 1 N–H and O–H groups in total. The molecule has 1 atom stereocenters. The van der Waals surface area contributed by atoms with E-state index in [0.717, 1.165) is 21.8 Å². The second-order valence-electron chi connectivity index (χ2n) is 5.07. The van der Waals surface area contributed by atoms with E-state index in [1.807, 2.05) is 18.3 Å². The fourth-order valence-electron chi connectivity index (χ4n) is 2.28. The van der Waals surface area contributed by atoms with E-state index in [2.05, 4.69) is 65.2 Å². The largest absolute Gasteiger partial charge is 0.309 e. The lowest BCUT2D eigenvalue weighted by atomic mass is 10.00. The van der Waals surface area contributed by atoms with Gasteiger partial charge < -0.3 is 5.32 Å². The Hall–Kier alpha value is -0.840. The average molecular weight is 365 g/mol. The van der Waals surface area contributed by atoms with Gasteiger partial charge in [0.2, 0.25) is 0 Å². The summed E-state index contributed by atoms with van der Waals surface area (Å²) in [4.78, 5) is 4.43. The van der Waals surface area contributed by atoms with Gasteiger partial charge in [-0.15, -0.1) is 11.8 Å². The Morgan fingerprint density at radius 1 is 1.29 bits per heavy atom. The van der Waals surface area contributed by atoms with Crippen LogP contribution in [0.1, 0.15) is 29.7 Å². The molecule has 0 saturated heterocycles. The van der Waals surface area contributed by atoms with Crippen LogP contribution in [-0.4, -0.2) is 17.3 Å². The lowest BCUT2D eigenvalue weighted by Crippen LogP contribution is -2.24. The summed E-state index contributed by atoms with van der Waals surface area (Å²) >= 11 is 5.35. The zero-order chi connectivity index (χ0) is 15.2. The fourth-order valence-corrected chi connectivity index (χ4v) is 3.84. The summed E-state index contributed by atoms with van der Waals surface area (Å²) in [6.07, 6.45) is 1.84. The second-order valence-corrected chi connectivity index (χ2v) is 6.93. The molecule has 0 aliphatic carbocycles. The number of pyridine rings is 1. The topological polar surface area (TPSA) is 24.9 Å². The van der Waals surface area contributed by atoms with Crippen molar-refractivity contribution in [1.29, 1.82) is 0 Å². The Labute approximate surface area is 139 Å². The van der Waals surface area contributed by atoms with Crippen LogP contribution in [0.2, 0.25) is 0 Å². The van der Waals surface area contributed by atoms with Crippen LogP contribution in [0.5, 0.6) is 0 Å². The number of hydrogen-bond donors (Lipinski definition) is 1. The predicted molar refractivity (Wildman–Crippen MR) is 95.0 cm³/mol. The van der Waals surface area contributed by atoms with E-state index in [9.17, 15) is 0 Å². The minimum Gasteiger partial charge on any atom is -0.309 e. The van der Waals surface area contributed by atoms with Crippen molar-refractivity contribution in [2.75, 3.05) is 12.3 Å². The van der Waals surface area contributed by atoms with Gasteiger partial charge in [-0.3, -0.25) is 0 Å². The van der Waals surface area contributed by atoms with Crippen LogP contribution in [0.4, 0.5) is 0 Å². The third kappa shape index (κ3) is 4.56. The van der Waals surface area contributed by atoms with Crippen molar-refractivity contribution in [2.45, 2.75) is 31.8 Å². The molecule has 1 unspecified atom stereocenters. The van der Waals surface area contributed by atoms with Crippen LogP contribution >= 0.6 is 27.7 Å². The smallest absolute Gasteiger partial charge is 0.110 e. The molecule has 0 saturated carbocycles. The highest BCUT2D eigenvalue weighted by Gasteiger charge is 2.14. The van der Waals surface area contributed by atoms with Gasteiger partial charge in [0.15, 0.2) is 0 Å². The number of aromatic nitrogens is 1. The third-order valence-corrected chi connectivity index (χ3v) is 5.37. The summed E-state index contributed by atoms with van der Waals surface area (Å²) in [6.45, 7) is 7.44. The Morgan fingerprint density at radius 3 is 2.81 bits per heavy atom. The minimum atomic E-state index is 0.341. The molecular weight excluding hydrogens is 344 g/mol. The number of nitrogens with zero attached hydrogens (tertiary/aromatic N) is 1. The molecule has 0 amide bonds. The van der Waals surface area contributed by atoms with Crippen LogP contribution < -0.4 is 5.32 Å². The standard InChI is InChI=1S/C17H21BrN2S/c1-4-19-16(14-10-12(2)7-8-13(14)3)11-21-17-15(18)6-5-9-20-17/h5-10,16,19H,4,11H2,1-3H3. The molecule has 2 aromatic rings. The van der Waals surface area contributed by atoms with Crippen LogP contribution in [0.25, 0.3) is 0 Å². The van der Waals surface area contributed by atoms with Gasteiger partial charge in [0.1, 0.15) is 5.03 Å². The molecule has 0 aliphatic rings. The van der Waals surface area contributed by atoms with Crippen molar-refractivity contribution in [3.63, 3.8) is 0 Å². The van der Waals surface area contributed by atoms with E-state index >= 15 is 0 Å². The fraction of sp³-hybridized carbons (Fsp3) is 0.353. The van der Waals surface area contributed by atoms with Crippen LogP contribution in [0, 0.1) is 13.8 Å². The van der Waals surface area contributed by atoms with Crippen molar-refractivity contribution in [3.05, 3.63) is 57.7 Å². The third-order valence-electron chi connectivity index (χ3n) is 3.37.